The van der Waals surface area contributed by atoms with Crippen LogP contribution in [0.2, 0.25) is 0 Å². The van der Waals surface area contributed by atoms with Crippen molar-refractivity contribution >= 4 is 0 Å². The first-order chi connectivity index (χ1) is 14.7. The molecule has 1 N–H and O–H groups in total. The molecule has 158 valence electrons. The van der Waals surface area contributed by atoms with Gasteiger partial charge in [0.1, 0.15) is 5.60 Å². The molecule has 0 aliphatic heterocycles. The number of benzene rings is 1. The summed E-state index contributed by atoms with van der Waals surface area (Å²) in [6, 6.07) is 17.1. The van der Waals surface area contributed by atoms with Crippen LogP contribution in [-0.4, -0.2) is 60.5 Å². The molecule has 3 aromatic rings. The topological polar surface area (TPSA) is 67.7 Å². The quantitative estimate of drug-likeness (QED) is 0.527. The Labute approximate surface area is 178 Å². The summed E-state index contributed by atoms with van der Waals surface area (Å²) in [6.45, 7) is 2.32. The number of hydrogen-bond acceptors (Lipinski definition) is 6. The highest BCUT2D eigenvalue weighted by Crippen LogP contribution is 2.44. The lowest BCUT2D eigenvalue weighted by Gasteiger charge is -2.43. The number of aliphatic hydroxyl groups is 1. The standard InChI is InChI=1S/C24H29N3O3/c1-29-16-14-27(15-17-30-2)23(20-8-4-3-5-9-20)24(28,21-10-6-12-25-18-21)22-11-7-13-26-19-22/h3-13,18-19,23,28H,14-17H2,1-2H3. The Morgan fingerprint density at radius 1 is 0.833 bits per heavy atom. The van der Waals surface area contributed by atoms with E-state index in [1.165, 1.54) is 0 Å². The van der Waals surface area contributed by atoms with Gasteiger partial charge in [-0.3, -0.25) is 14.9 Å². The largest absolute Gasteiger partial charge is 0.383 e. The van der Waals surface area contributed by atoms with Gasteiger partial charge in [0.05, 0.1) is 19.3 Å². The van der Waals surface area contributed by atoms with Crippen LogP contribution in [0.3, 0.4) is 0 Å². The number of rotatable bonds is 11. The Hall–Kier alpha value is -2.64. The van der Waals surface area contributed by atoms with Crippen molar-refractivity contribution in [1.29, 1.82) is 0 Å². The molecule has 0 spiro atoms. The molecule has 1 atom stereocenters. The first-order valence-corrected chi connectivity index (χ1v) is 10.0. The highest BCUT2D eigenvalue weighted by Gasteiger charge is 2.44. The number of ether oxygens (including phenoxy) is 2. The molecule has 3 rings (SSSR count). The third-order valence-electron chi connectivity index (χ3n) is 5.24. The summed E-state index contributed by atoms with van der Waals surface area (Å²) < 4.78 is 10.7. The van der Waals surface area contributed by atoms with Gasteiger partial charge >= 0.3 is 0 Å². The highest BCUT2D eigenvalue weighted by atomic mass is 16.5. The van der Waals surface area contributed by atoms with Gasteiger partial charge in [0.15, 0.2) is 0 Å². The minimum Gasteiger partial charge on any atom is -0.383 e. The molecule has 0 aliphatic carbocycles. The van der Waals surface area contributed by atoms with Gasteiger partial charge < -0.3 is 14.6 Å². The summed E-state index contributed by atoms with van der Waals surface area (Å²) in [7, 11) is 3.36. The van der Waals surface area contributed by atoms with Crippen LogP contribution in [0.4, 0.5) is 0 Å². The first-order valence-electron chi connectivity index (χ1n) is 10.0. The second-order valence-electron chi connectivity index (χ2n) is 7.08. The summed E-state index contributed by atoms with van der Waals surface area (Å²) in [4.78, 5) is 10.8. The average Bonchev–Trinajstić information content (AvgIpc) is 2.82. The van der Waals surface area contributed by atoms with Crippen LogP contribution in [0.1, 0.15) is 22.7 Å². The Morgan fingerprint density at radius 2 is 1.37 bits per heavy atom. The molecule has 6 heteroatoms. The summed E-state index contributed by atoms with van der Waals surface area (Å²) in [5.74, 6) is 0. The van der Waals surface area contributed by atoms with E-state index in [0.29, 0.717) is 37.4 Å². The number of hydrogen-bond donors (Lipinski definition) is 1. The van der Waals surface area contributed by atoms with Crippen molar-refractivity contribution in [3.05, 3.63) is 96.1 Å². The lowest BCUT2D eigenvalue weighted by molar-refractivity contribution is -0.0373. The third kappa shape index (κ3) is 4.91. The van der Waals surface area contributed by atoms with Crippen LogP contribution >= 0.6 is 0 Å². The fourth-order valence-corrected chi connectivity index (χ4v) is 3.80. The summed E-state index contributed by atoms with van der Waals surface area (Å²) >= 11 is 0. The SMILES string of the molecule is COCCN(CCOC)C(c1ccccc1)C(O)(c1cccnc1)c1cccnc1. The zero-order valence-corrected chi connectivity index (χ0v) is 17.5. The van der Waals surface area contributed by atoms with Crippen LogP contribution in [0, 0.1) is 0 Å². The molecule has 0 amide bonds. The van der Waals surface area contributed by atoms with E-state index in [-0.39, 0.29) is 0 Å². The Morgan fingerprint density at radius 3 is 1.80 bits per heavy atom. The smallest absolute Gasteiger partial charge is 0.137 e. The van der Waals surface area contributed by atoms with Crippen LogP contribution < -0.4 is 0 Å². The van der Waals surface area contributed by atoms with Gasteiger partial charge in [-0.2, -0.15) is 0 Å². The molecule has 2 aromatic heterocycles. The molecule has 0 saturated carbocycles. The van der Waals surface area contributed by atoms with Crippen molar-refractivity contribution in [1.82, 2.24) is 14.9 Å². The zero-order valence-electron chi connectivity index (χ0n) is 17.5. The molecular formula is C24H29N3O3. The molecular weight excluding hydrogens is 378 g/mol. The van der Waals surface area contributed by atoms with Crippen molar-refractivity contribution in [2.45, 2.75) is 11.6 Å². The van der Waals surface area contributed by atoms with Crippen molar-refractivity contribution in [3.63, 3.8) is 0 Å². The fourth-order valence-electron chi connectivity index (χ4n) is 3.80. The molecule has 1 unspecified atom stereocenters. The van der Waals surface area contributed by atoms with E-state index in [1.807, 2.05) is 54.6 Å². The van der Waals surface area contributed by atoms with Gasteiger partial charge in [-0.05, 0) is 17.7 Å². The number of methoxy groups -OCH3 is 2. The Balaban J connectivity index is 2.21. The summed E-state index contributed by atoms with van der Waals surface area (Å²) in [5, 5.41) is 12.4. The van der Waals surface area contributed by atoms with Crippen molar-refractivity contribution in [2.75, 3.05) is 40.5 Å². The highest BCUT2D eigenvalue weighted by molar-refractivity contribution is 5.39. The minimum absolute atomic E-state index is 0.405. The Bertz CT molecular complexity index is 815. The second kappa shape index (κ2) is 10.9. The van der Waals surface area contributed by atoms with Gasteiger partial charge in [0.2, 0.25) is 0 Å². The van der Waals surface area contributed by atoms with E-state index in [0.717, 1.165) is 5.56 Å². The van der Waals surface area contributed by atoms with Gasteiger partial charge in [-0.25, -0.2) is 0 Å². The molecule has 0 aliphatic rings. The first kappa shape index (κ1) is 22.1. The van der Waals surface area contributed by atoms with Crippen molar-refractivity contribution < 1.29 is 14.6 Å². The second-order valence-corrected chi connectivity index (χ2v) is 7.08. The molecule has 0 radical (unpaired) electrons. The van der Waals surface area contributed by atoms with E-state index in [4.69, 9.17) is 9.47 Å². The maximum absolute atomic E-state index is 12.4. The predicted molar refractivity (Wildman–Crippen MR) is 116 cm³/mol. The fraction of sp³-hybridized carbons (Fsp3) is 0.333. The van der Waals surface area contributed by atoms with Crippen molar-refractivity contribution in [3.8, 4) is 0 Å². The maximum Gasteiger partial charge on any atom is 0.137 e. The lowest BCUT2D eigenvalue weighted by atomic mass is 9.77. The molecule has 0 saturated heterocycles. The van der Waals surface area contributed by atoms with Gasteiger partial charge in [-0.1, -0.05) is 42.5 Å². The molecule has 0 fully saturated rings. The average molecular weight is 408 g/mol. The van der Waals surface area contributed by atoms with Gasteiger partial charge in [-0.15, -0.1) is 0 Å². The van der Waals surface area contributed by atoms with Gasteiger partial charge in [0, 0.05) is 63.2 Å². The summed E-state index contributed by atoms with van der Waals surface area (Å²) in [5.41, 5.74) is 1.00. The monoisotopic (exact) mass is 407 g/mol. The van der Waals surface area contributed by atoms with Crippen LogP contribution in [0.25, 0.3) is 0 Å². The molecule has 30 heavy (non-hydrogen) atoms. The predicted octanol–water partition coefficient (Wildman–Crippen LogP) is 3.05. The Kier molecular flexibility index (Phi) is 8.04. The van der Waals surface area contributed by atoms with E-state index in [2.05, 4.69) is 14.9 Å². The van der Waals surface area contributed by atoms with Crippen LogP contribution in [0.5, 0.6) is 0 Å². The molecule has 6 nitrogen and oxygen atoms in total. The van der Waals surface area contributed by atoms with Gasteiger partial charge in [0.25, 0.3) is 0 Å². The maximum atomic E-state index is 12.4. The molecule has 1 aromatic carbocycles. The minimum atomic E-state index is -1.38. The van der Waals surface area contributed by atoms with E-state index < -0.39 is 11.6 Å². The number of aromatic nitrogens is 2. The van der Waals surface area contributed by atoms with Crippen molar-refractivity contribution in [2.24, 2.45) is 0 Å². The molecule has 2 heterocycles. The van der Waals surface area contributed by atoms with E-state index >= 15 is 0 Å². The molecule has 0 bridgehead atoms. The number of nitrogens with zero attached hydrogens (tertiary/aromatic N) is 3. The number of pyridine rings is 2. The van der Waals surface area contributed by atoms with Crippen LogP contribution in [-0.2, 0) is 15.1 Å². The summed E-state index contributed by atoms with van der Waals surface area (Å²) in [6.07, 6.45) is 6.85. The van der Waals surface area contributed by atoms with E-state index in [9.17, 15) is 5.11 Å². The normalized spacial score (nSPS) is 12.8. The third-order valence-corrected chi connectivity index (χ3v) is 5.24. The van der Waals surface area contributed by atoms with Crippen LogP contribution in [0.15, 0.2) is 79.4 Å². The van der Waals surface area contributed by atoms with E-state index in [1.54, 1.807) is 39.0 Å². The lowest BCUT2D eigenvalue weighted by Crippen LogP contribution is -2.47. The zero-order chi connectivity index (χ0) is 21.2.